The Morgan fingerprint density at radius 2 is 2.23 bits per heavy atom. The van der Waals surface area contributed by atoms with Gasteiger partial charge in [0.25, 0.3) is 0 Å². The molecule has 0 atom stereocenters. The number of carbonyl (C=O) groups excluding carboxylic acids is 1. The molecule has 0 spiro atoms. The van der Waals surface area contributed by atoms with Crippen LogP contribution in [0.4, 0.5) is 0 Å². The lowest BCUT2D eigenvalue weighted by Gasteiger charge is -2.03. The van der Waals surface area contributed by atoms with Crippen LogP contribution in [0, 0.1) is 0 Å². The minimum atomic E-state index is -0.280. The molecule has 0 saturated heterocycles. The number of allylic oxidation sites excluding steroid dienone is 1. The number of ether oxygens (including phenoxy) is 2. The summed E-state index contributed by atoms with van der Waals surface area (Å²) < 4.78 is 9.88. The van der Waals surface area contributed by atoms with Crippen LogP contribution in [0.1, 0.15) is 26.7 Å². The van der Waals surface area contributed by atoms with E-state index in [0.717, 1.165) is 12.8 Å². The van der Waals surface area contributed by atoms with Crippen LogP contribution in [0.5, 0.6) is 0 Å². The smallest absolute Gasteiger partial charge is 0.332 e. The van der Waals surface area contributed by atoms with Gasteiger partial charge in [0.05, 0.1) is 13.2 Å². The van der Waals surface area contributed by atoms with Gasteiger partial charge in [0.1, 0.15) is 6.61 Å². The Bertz CT molecular complexity index is 152. The first-order chi connectivity index (χ1) is 6.31. The Morgan fingerprint density at radius 1 is 1.46 bits per heavy atom. The number of hydrogen-bond donors (Lipinski definition) is 0. The van der Waals surface area contributed by atoms with Crippen LogP contribution in [0.2, 0.25) is 0 Å². The number of rotatable bonds is 7. The molecule has 0 amide bonds. The lowest BCUT2D eigenvalue weighted by Crippen LogP contribution is -2.13. The summed E-state index contributed by atoms with van der Waals surface area (Å²) in [6.45, 7) is 4.98. The van der Waals surface area contributed by atoms with E-state index in [-0.39, 0.29) is 12.6 Å². The first kappa shape index (κ1) is 12.2. The van der Waals surface area contributed by atoms with Crippen LogP contribution in [-0.4, -0.2) is 25.8 Å². The number of esters is 1. The molecule has 0 aromatic heterocycles. The average Bonchev–Trinajstić information content (AvgIpc) is 2.13. The van der Waals surface area contributed by atoms with E-state index in [2.05, 4.69) is 6.92 Å². The van der Waals surface area contributed by atoms with Crippen molar-refractivity contribution in [3.63, 3.8) is 0 Å². The quantitative estimate of drug-likeness (QED) is 0.346. The molecule has 0 fully saturated rings. The molecule has 0 unspecified atom stereocenters. The molecule has 0 N–H and O–H groups in total. The van der Waals surface area contributed by atoms with Gasteiger partial charge in [0.2, 0.25) is 0 Å². The Balaban J connectivity index is 3.20. The van der Waals surface area contributed by atoms with Crippen LogP contribution in [0.3, 0.4) is 0 Å². The van der Waals surface area contributed by atoms with Crippen molar-refractivity contribution in [3.8, 4) is 0 Å². The summed E-state index contributed by atoms with van der Waals surface area (Å²) in [5.41, 5.74) is 0. The molecule has 0 aliphatic heterocycles. The topological polar surface area (TPSA) is 35.5 Å². The molecule has 0 aliphatic rings. The highest BCUT2D eigenvalue weighted by Crippen LogP contribution is 1.89. The van der Waals surface area contributed by atoms with E-state index in [4.69, 9.17) is 9.47 Å². The summed E-state index contributed by atoms with van der Waals surface area (Å²) >= 11 is 0. The normalized spacial score (nSPS) is 10.6. The molecule has 0 saturated carbocycles. The number of unbranched alkanes of at least 4 members (excludes halogenated alkanes) is 1. The van der Waals surface area contributed by atoms with Crippen molar-refractivity contribution >= 4 is 5.97 Å². The molecule has 0 rings (SSSR count). The maximum absolute atomic E-state index is 10.9. The number of carbonyl (C=O) groups is 1. The molecule has 0 aromatic carbocycles. The maximum Gasteiger partial charge on any atom is 0.332 e. The zero-order chi connectivity index (χ0) is 9.94. The summed E-state index contributed by atoms with van der Waals surface area (Å²) in [5.74, 6) is -0.280. The second-order valence-corrected chi connectivity index (χ2v) is 2.66. The maximum atomic E-state index is 10.9. The molecule has 13 heavy (non-hydrogen) atoms. The number of hydrogen-bond acceptors (Lipinski definition) is 3. The Hall–Kier alpha value is -0.830. The summed E-state index contributed by atoms with van der Waals surface area (Å²) in [6.07, 6.45) is 5.68. The standard InChI is InChI=1S/C10H18O3/c1-3-5-7-12-9-10(11)13-8-6-4-2/h3,5H,4,6-9H2,1-2H3. The second kappa shape index (κ2) is 9.26. The highest BCUT2D eigenvalue weighted by molar-refractivity contribution is 5.70. The second-order valence-electron chi connectivity index (χ2n) is 2.66. The van der Waals surface area contributed by atoms with Crippen molar-refractivity contribution in [3.05, 3.63) is 12.2 Å². The minimum Gasteiger partial charge on any atom is -0.464 e. The van der Waals surface area contributed by atoms with Gasteiger partial charge in [-0.2, -0.15) is 0 Å². The van der Waals surface area contributed by atoms with Crippen LogP contribution < -0.4 is 0 Å². The van der Waals surface area contributed by atoms with Crippen LogP contribution in [-0.2, 0) is 14.3 Å². The van der Waals surface area contributed by atoms with Gasteiger partial charge in [0.15, 0.2) is 0 Å². The molecule has 0 aliphatic carbocycles. The van der Waals surface area contributed by atoms with E-state index in [1.807, 2.05) is 19.1 Å². The highest BCUT2D eigenvalue weighted by Gasteiger charge is 2.00. The lowest BCUT2D eigenvalue weighted by molar-refractivity contribution is -0.148. The fourth-order valence-corrected chi connectivity index (χ4v) is 0.679. The summed E-state index contributed by atoms with van der Waals surface area (Å²) in [5, 5.41) is 0. The van der Waals surface area contributed by atoms with Crippen LogP contribution in [0.15, 0.2) is 12.2 Å². The van der Waals surface area contributed by atoms with Crippen molar-refractivity contribution in [1.29, 1.82) is 0 Å². The van der Waals surface area contributed by atoms with Gasteiger partial charge in [-0.1, -0.05) is 25.5 Å². The zero-order valence-corrected chi connectivity index (χ0v) is 8.41. The van der Waals surface area contributed by atoms with Gasteiger partial charge in [-0.05, 0) is 13.3 Å². The fraction of sp³-hybridized carbons (Fsp3) is 0.700. The van der Waals surface area contributed by atoms with Crippen molar-refractivity contribution in [2.75, 3.05) is 19.8 Å². The van der Waals surface area contributed by atoms with E-state index < -0.39 is 0 Å². The van der Waals surface area contributed by atoms with E-state index in [9.17, 15) is 4.79 Å². The summed E-state index contributed by atoms with van der Waals surface area (Å²) in [6, 6.07) is 0. The van der Waals surface area contributed by atoms with Gasteiger partial charge < -0.3 is 9.47 Å². The van der Waals surface area contributed by atoms with Crippen molar-refractivity contribution in [1.82, 2.24) is 0 Å². The molecule has 76 valence electrons. The van der Waals surface area contributed by atoms with E-state index >= 15 is 0 Å². The SMILES string of the molecule is CC=CCOCC(=O)OCCCC. The van der Waals surface area contributed by atoms with E-state index in [1.165, 1.54) is 0 Å². The lowest BCUT2D eigenvalue weighted by atomic mass is 10.4. The minimum absolute atomic E-state index is 0.0497. The van der Waals surface area contributed by atoms with Crippen LogP contribution in [0.25, 0.3) is 0 Å². The average molecular weight is 186 g/mol. The first-order valence-electron chi connectivity index (χ1n) is 4.65. The van der Waals surface area contributed by atoms with Gasteiger partial charge in [-0.25, -0.2) is 4.79 Å². The van der Waals surface area contributed by atoms with Gasteiger partial charge >= 0.3 is 5.97 Å². The molecule has 0 radical (unpaired) electrons. The third kappa shape index (κ3) is 9.08. The Kier molecular flexibility index (Phi) is 8.67. The van der Waals surface area contributed by atoms with Gasteiger partial charge in [0, 0.05) is 0 Å². The predicted octanol–water partition coefficient (Wildman–Crippen LogP) is 1.92. The molecule has 0 heterocycles. The van der Waals surface area contributed by atoms with Gasteiger partial charge in [-0.3, -0.25) is 0 Å². The molecule has 3 nitrogen and oxygen atoms in total. The monoisotopic (exact) mass is 186 g/mol. The van der Waals surface area contributed by atoms with Crippen LogP contribution >= 0.6 is 0 Å². The molecule has 3 heteroatoms. The third-order valence-corrected chi connectivity index (χ3v) is 1.43. The zero-order valence-electron chi connectivity index (χ0n) is 8.41. The predicted molar refractivity (Wildman–Crippen MR) is 51.5 cm³/mol. The van der Waals surface area contributed by atoms with Gasteiger partial charge in [-0.15, -0.1) is 0 Å². The summed E-state index contributed by atoms with van der Waals surface area (Å²) in [7, 11) is 0. The highest BCUT2D eigenvalue weighted by atomic mass is 16.6. The summed E-state index contributed by atoms with van der Waals surface area (Å²) in [4.78, 5) is 10.9. The molecular weight excluding hydrogens is 168 g/mol. The molecular formula is C10H18O3. The Morgan fingerprint density at radius 3 is 2.85 bits per heavy atom. The largest absolute Gasteiger partial charge is 0.464 e. The van der Waals surface area contributed by atoms with Crippen molar-refractivity contribution < 1.29 is 14.3 Å². The fourth-order valence-electron chi connectivity index (χ4n) is 0.679. The Labute approximate surface area is 79.7 Å². The van der Waals surface area contributed by atoms with E-state index in [0.29, 0.717) is 13.2 Å². The van der Waals surface area contributed by atoms with Crippen molar-refractivity contribution in [2.24, 2.45) is 0 Å². The van der Waals surface area contributed by atoms with E-state index in [1.54, 1.807) is 0 Å². The third-order valence-electron chi connectivity index (χ3n) is 1.43. The first-order valence-corrected chi connectivity index (χ1v) is 4.65. The molecule has 0 aromatic rings. The molecule has 0 bridgehead atoms. The van der Waals surface area contributed by atoms with Crippen molar-refractivity contribution in [2.45, 2.75) is 26.7 Å².